The molecule has 3 amide bonds. The molecule has 2 unspecified atom stereocenters. The molecule has 148 valence electrons. The average Bonchev–Trinajstić information content (AvgIpc) is 2.99. The minimum atomic E-state index is -2.84. The Bertz CT molecular complexity index is 701. The van der Waals surface area contributed by atoms with Crippen molar-refractivity contribution in [3.8, 4) is 0 Å². The lowest BCUT2D eigenvalue weighted by Crippen LogP contribution is -2.49. The number of anilines is 1. The van der Waals surface area contributed by atoms with E-state index in [1.165, 1.54) is 18.2 Å². The van der Waals surface area contributed by atoms with Gasteiger partial charge < -0.3 is 15.5 Å². The molecule has 0 bridgehead atoms. The molecular weight excluding hydrogens is 361 g/mol. The van der Waals surface area contributed by atoms with E-state index in [1.54, 1.807) is 11.0 Å². The maximum Gasteiger partial charge on any atom is 0.319 e. The third-order valence-electron chi connectivity index (χ3n) is 4.87. The van der Waals surface area contributed by atoms with Crippen molar-refractivity contribution in [2.45, 2.75) is 31.2 Å². The fourth-order valence-electron chi connectivity index (χ4n) is 3.52. The van der Waals surface area contributed by atoms with Crippen LogP contribution in [0, 0.1) is 11.7 Å². The quantitative estimate of drug-likeness (QED) is 0.745. The second-order valence-electron chi connectivity index (χ2n) is 7.13. The van der Waals surface area contributed by atoms with E-state index >= 15 is 0 Å². The van der Waals surface area contributed by atoms with Crippen molar-refractivity contribution in [2.75, 3.05) is 31.5 Å². The Morgan fingerprint density at radius 2 is 2.15 bits per heavy atom. The van der Waals surface area contributed by atoms with E-state index in [9.17, 15) is 22.8 Å². The van der Waals surface area contributed by atoms with Crippen LogP contribution in [0.2, 0.25) is 0 Å². The Hall–Kier alpha value is -2.29. The van der Waals surface area contributed by atoms with Gasteiger partial charge in [0.2, 0.25) is 5.91 Å². The minimum absolute atomic E-state index is 0.0443. The van der Waals surface area contributed by atoms with Crippen LogP contribution in [0.4, 0.5) is 23.7 Å². The number of carbonyl (C=O) groups is 2. The number of hydrogen-bond donors (Lipinski definition) is 3. The van der Waals surface area contributed by atoms with Gasteiger partial charge >= 0.3 is 6.03 Å². The molecule has 0 radical (unpaired) electrons. The smallest absolute Gasteiger partial charge is 0.319 e. The number of halogens is 3. The second kappa shape index (κ2) is 8.16. The molecule has 0 aliphatic carbocycles. The molecule has 0 aromatic heterocycles. The fraction of sp³-hybridized carbons (Fsp3) is 0.556. The van der Waals surface area contributed by atoms with Crippen molar-refractivity contribution < 1.29 is 22.8 Å². The number of hydrogen-bond acceptors (Lipinski definition) is 3. The number of piperidine rings is 1. The van der Waals surface area contributed by atoms with Crippen LogP contribution in [-0.2, 0) is 4.79 Å². The normalized spacial score (nSPS) is 24.5. The minimum Gasteiger partial charge on any atom is -0.341 e. The molecule has 9 heteroatoms. The zero-order chi connectivity index (χ0) is 19.4. The van der Waals surface area contributed by atoms with Gasteiger partial charge in [-0.1, -0.05) is 6.07 Å². The molecule has 27 heavy (non-hydrogen) atoms. The summed E-state index contributed by atoms with van der Waals surface area (Å²) in [6.07, 6.45) is 1.12. The van der Waals surface area contributed by atoms with Gasteiger partial charge in [0.15, 0.2) is 0 Å². The monoisotopic (exact) mass is 384 g/mol. The van der Waals surface area contributed by atoms with Gasteiger partial charge in [0, 0.05) is 31.7 Å². The Morgan fingerprint density at radius 3 is 2.85 bits per heavy atom. The molecule has 1 aromatic rings. The lowest BCUT2D eigenvalue weighted by Gasteiger charge is -2.34. The summed E-state index contributed by atoms with van der Waals surface area (Å²) in [6, 6.07) is 4.27. The van der Waals surface area contributed by atoms with Gasteiger partial charge in [-0.3, -0.25) is 10.1 Å². The first kappa shape index (κ1) is 19.5. The topological polar surface area (TPSA) is 73.5 Å². The van der Waals surface area contributed by atoms with Gasteiger partial charge in [-0.05, 0) is 37.0 Å². The van der Waals surface area contributed by atoms with Gasteiger partial charge in [-0.15, -0.1) is 0 Å². The third kappa shape index (κ3) is 5.35. The van der Waals surface area contributed by atoms with Crippen molar-refractivity contribution in [1.29, 1.82) is 0 Å². The zero-order valence-electron chi connectivity index (χ0n) is 14.8. The summed E-state index contributed by atoms with van der Waals surface area (Å²) in [7, 11) is 0. The van der Waals surface area contributed by atoms with E-state index in [4.69, 9.17) is 0 Å². The molecule has 2 aliphatic heterocycles. The van der Waals surface area contributed by atoms with Crippen molar-refractivity contribution in [1.82, 2.24) is 15.5 Å². The largest absolute Gasteiger partial charge is 0.341 e. The number of carbonyl (C=O) groups excluding carboxylic acids is 2. The molecule has 2 fully saturated rings. The van der Waals surface area contributed by atoms with E-state index in [1.807, 2.05) is 0 Å². The first-order valence-corrected chi connectivity index (χ1v) is 9.03. The lowest BCUT2D eigenvalue weighted by atomic mass is 9.97. The number of likely N-dealkylation sites (tertiary alicyclic amines) is 1. The molecule has 0 spiro atoms. The first-order chi connectivity index (χ1) is 12.8. The molecule has 2 heterocycles. The van der Waals surface area contributed by atoms with Crippen molar-refractivity contribution >= 4 is 17.6 Å². The molecule has 1 aromatic carbocycles. The van der Waals surface area contributed by atoms with E-state index in [0.29, 0.717) is 25.3 Å². The van der Waals surface area contributed by atoms with Crippen LogP contribution in [0.3, 0.4) is 0 Å². The molecule has 2 atom stereocenters. The second-order valence-corrected chi connectivity index (χ2v) is 7.13. The van der Waals surface area contributed by atoms with E-state index in [0.717, 1.165) is 12.8 Å². The summed E-state index contributed by atoms with van der Waals surface area (Å²) in [6.45, 7) is 0.832. The predicted molar refractivity (Wildman–Crippen MR) is 94.1 cm³/mol. The van der Waals surface area contributed by atoms with Crippen molar-refractivity contribution in [3.05, 3.63) is 30.1 Å². The van der Waals surface area contributed by atoms with Gasteiger partial charge in [0.25, 0.3) is 5.92 Å². The molecule has 6 nitrogen and oxygen atoms in total. The van der Waals surface area contributed by atoms with Crippen molar-refractivity contribution in [2.24, 2.45) is 5.92 Å². The highest BCUT2D eigenvalue weighted by molar-refractivity contribution is 5.89. The van der Waals surface area contributed by atoms with Gasteiger partial charge in [-0.25, -0.2) is 18.0 Å². The maximum atomic E-state index is 13.3. The summed E-state index contributed by atoms with van der Waals surface area (Å²) in [5.41, 5.74) is 0.348. The summed E-state index contributed by atoms with van der Waals surface area (Å²) < 4.78 is 39.7. The van der Waals surface area contributed by atoms with Crippen molar-refractivity contribution in [3.63, 3.8) is 0 Å². The highest BCUT2D eigenvalue weighted by Gasteiger charge is 2.44. The summed E-state index contributed by atoms with van der Waals surface area (Å²) >= 11 is 0. The van der Waals surface area contributed by atoms with Gasteiger partial charge in [-0.2, -0.15) is 0 Å². The van der Waals surface area contributed by atoms with Gasteiger partial charge in [0.1, 0.15) is 5.82 Å². The third-order valence-corrected chi connectivity index (χ3v) is 4.87. The number of nitrogens with zero attached hydrogens (tertiary/aromatic N) is 1. The SMILES string of the molecule is O=C(NCC1CCCN(C(=O)C2CC(F)(F)CN2)C1)Nc1cccc(F)c1. The van der Waals surface area contributed by atoms with Crippen LogP contribution < -0.4 is 16.0 Å². The lowest BCUT2D eigenvalue weighted by molar-refractivity contribution is -0.135. The number of rotatable bonds is 4. The molecule has 3 N–H and O–H groups in total. The van der Waals surface area contributed by atoms with Crippen LogP contribution in [0.15, 0.2) is 24.3 Å². The molecule has 3 rings (SSSR count). The number of nitrogens with one attached hydrogen (secondary N) is 3. The molecule has 2 aliphatic rings. The Labute approximate surface area is 155 Å². The van der Waals surface area contributed by atoms with Crippen LogP contribution >= 0.6 is 0 Å². The van der Waals surface area contributed by atoms with Crippen LogP contribution in [0.5, 0.6) is 0 Å². The number of amides is 3. The zero-order valence-corrected chi connectivity index (χ0v) is 14.8. The molecule has 0 saturated carbocycles. The summed E-state index contributed by atoms with van der Waals surface area (Å²) in [5, 5.41) is 7.85. The van der Waals surface area contributed by atoms with Crippen LogP contribution in [0.1, 0.15) is 19.3 Å². The van der Waals surface area contributed by atoms with E-state index in [2.05, 4.69) is 16.0 Å². The fourth-order valence-corrected chi connectivity index (χ4v) is 3.52. The Balaban J connectivity index is 1.45. The Morgan fingerprint density at radius 1 is 1.33 bits per heavy atom. The highest BCUT2D eigenvalue weighted by atomic mass is 19.3. The van der Waals surface area contributed by atoms with Crippen LogP contribution in [-0.4, -0.2) is 55.0 Å². The molecular formula is C18H23F3N4O2. The van der Waals surface area contributed by atoms with E-state index in [-0.39, 0.29) is 11.8 Å². The number of urea groups is 1. The first-order valence-electron chi connectivity index (χ1n) is 9.03. The van der Waals surface area contributed by atoms with E-state index < -0.39 is 36.8 Å². The highest BCUT2D eigenvalue weighted by Crippen LogP contribution is 2.27. The average molecular weight is 384 g/mol. The van der Waals surface area contributed by atoms with Crippen LogP contribution in [0.25, 0.3) is 0 Å². The standard InChI is InChI=1S/C18H23F3N4O2/c19-13-4-1-5-14(7-13)24-17(27)22-9-12-3-2-6-25(10-12)16(26)15-8-18(20,21)11-23-15/h1,4-5,7,12,15,23H,2-3,6,8-11H2,(H2,22,24,27). The predicted octanol–water partition coefficient (Wildman–Crippen LogP) is 2.18. The number of benzene rings is 1. The molecule has 2 saturated heterocycles. The summed E-state index contributed by atoms with van der Waals surface area (Å²) in [5.74, 6) is -3.55. The number of alkyl halides is 2. The summed E-state index contributed by atoms with van der Waals surface area (Å²) in [4.78, 5) is 26.0. The maximum absolute atomic E-state index is 13.3. The van der Waals surface area contributed by atoms with Gasteiger partial charge in [0.05, 0.1) is 12.6 Å². The Kier molecular flexibility index (Phi) is 5.88.